The lowest BCUT2D eigenvalue weighted by Crippen LogP contribution is -2.28. The molecule has 0 heterocycles. The maximum absolute atomic E-state index is 9.08. The zero-order chi connectivity index (χ0) is 12.8. The molecule has 1 fully saturated rings. The van der Waals surface area contributed by atoms with Gasteiger partial charge in [-0.05, 0) is 30.5 Å². The van der Waals surface area contributed by atoms with E-state index in [0.29, 0.717) is 12.6 Å². The second kappa shape index (κ2) is 6.55. The summed E-state index contributed by atoms with van der Waals surface area (Å²) >= 11 is 0. The van der Waals surface area contributed by atoms with Gasteiger partial charge in [-0.15, -0.1) is 0 Å². The highest BCUT2D eigenvalue weighted by atomic mass is 16.3. The molecule has 0 spiro atoms. The van der Waals surface area contributed by atoms with E-state index in [1.807, 2.05) is 12.1 Å². The summed E-state index contributed by atoms with van der Waals surface area (Å²) < 4.78 is 0. The van der Waals surface area contributed by atoms with Crippen molar-refractivity contribution >= 4 is 0 Å². The summed E-state index contributed by atoms with van der Waals surface area (Å²) in [6.07, 6.45) is 2.51. The maximum atomic E-state index is 9.08. The molecule has 3 N–H and O–H groups in total. The Morgan fingerprint density at radius 1 is 1.39 bits per heavy atom. The van der Waals surface area contributed by atoms with Gasteiger partial charge in [0.25, 0.3) is 0 Å². The molecule has 0 unspecified atom stereocenters. The van der Waals surface area contributed by atoms with E-state index in [2.05, 4.69) is 28.9 Å². The second-order valence-corrected chi connectivity index (χ2v) is 4.63. The van der Waals surface area contributed by atoms with E-state index >= 15 is 0 Å². The number of rotatable bonds is 5. The topological polar surface area (TPSA) is 49.5 Å². The average molecular weight is 244 g/mol. The van der Waals surface area contributed by atoms with Crippen LogP contribution in [0.2, 0.25) is 0 Å². The molecule has 0 amide bonds. The lowest BCUT2D eigenvalue weighted by molar-refractivity contribution is 0.183. The molecule has 1 aliphatic carbocycles. The number of hydrogen-bond acceptors (Lipinski definition) is 3. The first-order valence-electron chi connectivity index (χ1n) is 6.46. The molecule has 1 aromatic carbocycles. The molecule has 3 nitrogen and oxygen atoms in total. The summed E-state index contributed by atoms with van der Waals surface area (Å²) in [5.41, 5.74) is 7.63. The summed E-state index contributed by atoms with van der Waals surface area (Å²) in [5.74, 6) is 5.92. The predicted molar refractivity (Wildman–Crippen MR) is 72.9 cm³/mol. The van der Waals surface area contributed by atoms with Crippen molar-refractivity contribution in [1.82, 2.24) is 4.90 Å². The molecule has 0 saturated heterocycles. The van der Waals surface area contributed by atoms with Crippen molar-refractivity contribution in [3.05, 3.63) is 35.4 Å². The standard InChI is InChI=1S/C15H20N2O/c16-8-2-5-13-3-1-4-14(11-13)12-17(9-10-18)15-6-7-15/h1,3-4,11,15,18H,6-10,12,16H2. The molecule has 18 heavy (non-hydrogen) atoms. The number of aliphatic hydroxyl groups excluding tert-OH is 1. The van der Waals surface area contributed by atoms with Crippen LogP contribution in [-0.2, 0) is 6.54 Å². The van der Waals surface area contributed by atoms with Gasteiger partial charge < -0.3 is 10.8 Å². The van der Waals surface area contributed by atoms with Gasteiger partial charge in [-0.2, -0.15) is 0 Å². The van der Waals surface area contributed by atoms with Gasteiger partial charge >= 0.3 is 0 Å². The van der Waals surface area contributed by atoms with Crippen molar-refractivity contribution in [2.75, 3.05) is 19.7 Å². The van der Waals surface area contributed by atoms with Gasteiger partial charge in [0.2, 0.25) is 0 Å². The zero-order valence-corrected chi connectivity index (χ0v) is 10.6. The third kappa shape index (κ3) is 3.85. The van der Waals surface area contributed by atoms with Crippen molar-refractivity contribution < 1.29 is 5.11 Å². The Morgan fingerprint density at radius 2 is 2.22 bits per heavy atom. The minimum absolute atomic E-state index is 0.225. The average Bonchev–Trinajstić information content (AvgIpc) is 3.21. The maximum Gasteiger partial charge on any atom is 0.0558 e. The Hall–Kier alpha value is -1.34. The fourth-order valence-electron chi connectivity index (χ4n) is 2.09. The fourth-order valence-corrected chi connectivity index (χ4v) is 2.09. The number of benzene rings is 1. The van der Waals surface area contributed by atoms with Crippen molar-refractivity contribution in [2.45, 2.75) is 25.4 Å². The highest BCUT2D eigenvalue weighted by Gasteiger charge is 2.28. The van der Waals surface area contributed by atoms with Crippen LogP contribution in [-0.4, -0.2) is 35.7 Å². The Balaban J connectivity index is 2.03. The Bertz CT molecular complexity index is 443. The lowest BCUT2D eigenvalue weighted by atomic mass is 10.1. The zero-order valence-electron chi connectivity index (χ0n) is 10.6. The largest absolute Gasteiger partial charge is 0.395 e. The van der Waals surface area contributed by atoms with Crippen LogP contribution in [0, 0.1) is 11.8 Å². The Morgan fingerprint density at radius 3 is 2.89 bits per heavy atom. The molecule has 0 aromatic heterocycles. The molecule has 3 heteroatoms. The lowest BCUT2D eigenvalue weighted by Gasteiger charge is -2.20. The van der Waals surface area contributed by atoms with Crippen LogP contribution in [0.5, 0.6) is 0 Å². The van der Waals surface area contributed by atoms with Gasteiger partial charge in [-0.25, -0.2) is 0 Å². The van der Waals surface area contributed by atoms with E-state index in [9.17, 15) is 0 Å². The van der Waals surface area contributed by atoms with Gasteiger partial charge in [0.15, 0.2) is 0 Å². The van der Waals surface area contributed by atoms with Gasteiger partial charge in [0, 0.05) is 24.7 Å². The summed E-state index contributed by atoms with van der Waals surface area (Å²) in [6, 6.07) is 8.91. The quantitative estimate of drug-likeness (QED) is 0.758. The minimum atomic E-state index is 0.225. The third-order valence-corrected chi connectivity index (χ3v) is 3.10. The monoisotopic (exact) mass is 244 g/mol. The molecule has 0 radical (unpaired) electrons. The number of nitrogens with zero attached hydrogens (tertiary/aromatic N) is 1. The second-order valence-electron chi connectivity index (χ2n) is 4.63. The number of nitrogens with two attached hydrogens (primary N) is 1. The molecule has 1 saturated carbocycles. The van der Waals surface area contributed by atoms with Crippen molar-refractivity contribution in [3.8, 4) is 11.8 Å². The van der Waals surface area contributed by atoms with Crippen LogP contribution < -0.4 is 5.73 Å². The van der Waals surface area contributed by atoms with E-state index in [1.165, 1.54) is 18.4 Å². The minimum Gasteiger partial charge on any atom is -0.395 e. The summed E-state index contributed by atoms with van der Waals surface area (Å²) in [7, 11) is 0. The number of hydrogen-bond donors (Lipinski definition) is 2. The first kappa shape index (κ1) is 13.1. The van der Waals surface area contributed by atoms with Gasteiger partial charge in [-0.1, -0.05) is 24.0 Å². The Labute approximate surface area is 109 Å². The van der Waals surface area contributed by atoms with E-state index in [0.717, 1.165) is 18.7 Å². The first-order chi connectivity index (χ1) is 8.83. The van der Waals surface area contributed by atoms with Crippen LogP contribution in [0.3, 0.4) is 0 Å². The normalized spacial score (nSPS) is 14.4. The molecular weight excluding hydrogens is 224 g/mol. The van der Waals surface area contributed by atoms with E-state index < -0.39 is 0 Å². The van der Waals surface area contributed by atoms with Crippen molar-refractivity contribution in [2.24, 2.45) is 5.73 Å². The molecular formula is C15H20N2O. The van der Waals surface area contributed by atoms with Crippen LogP contribution in [0.4, 0.5) is 0 Å². The van der Waals surface area contributed by atoms with Crippen molar-refractivity contribution in [3.63, 3.8) is 0 Å². The molecule has 96 valence electrons. The molecule has 0 aliphatic heterocycles. The molecule has 0 bridgehead atoms. The smallest absolute Gasteiger partial charge is 0.0558 e. The number of aliphatic hydroxyl groups is 1. The summed E-state index contributed by atoms with van der Waals surface area (Å²) in [4.78, 5) is 2.34. The highest BCUT2D eigenvalue weighted by Crippen LogP contribution is 2.27. The molecule has 0 atom stereocenters. The Kier molecular flexibility index (Phi) is 4.77. The summed E-state index contributed by atoms with van der Waals surface area (Å²) in [6.45, 7) is 2.26. The van der Waals surface area contributed by atoms with E-state index in [1.54, 1.807) is 0 Å². The molecule has 1 aromatic rings. The van der Waals surface area contributed by atoms with E-state index in [4.69, 9.17) is 10.8 Å². The SMILES string of the molecule is NCC#Cc1cccc(CN(CCO)C2CC2)c1. The van der Waals surface area contributed by atoms with Gasteiger partial charge in [0.05, 0.1) is 13.2 Å². The van der Waals surface area contributed by atoms with Gasteiger partial charge in [0.1, 0.15) is 0 Å². The highest BCUT2D eigenvalue weighted by molar-refractivity contribution is 5.37. The van der Waals surface area contributed by atoms with Crippen molar-refractivity contribution in [1.29, 1.82) is 0 Å². The third-order valence-electron chi connectivity index (χ3n) is 3.10. The summed E-state index contributed by atoms with van der Waals surface area (Å²) in [5, 5.41) is 9.08. The first-order valence-corrected chi connectivity index (χ1v) is 6.46. The van der Waals surface area contributed by atoms with Crippen LogP contribution in [0.15, 0.2) is 24.3 Å². The van der Waals surface area contributed by atoms with Crippen LogP contribution >= 0.6 is 0 Å². The molecule has 1 aliphatic rings. The van der Waals surface area contributed by atoms with Crippen LogP contribution in [0.25, 0.3) is 0 Å². The fraction of sp³-hybridized carbons (Fsp3) is 0.467. The predicted octanol–water partition coefficient (Wildman–Crippen LogP) is 0.954. The van der Waals surface area contributed by atoms with Crippen LogP contribution in [0.1, 0.15) is 24.0 Å². The van der Waals surface area contributed by atoms with Gasteiger partial charge in [-0.3, -0.25) is 4.90 Å². The molecule has 2 rings (SSSR count). The van der Waals surface area contributed by atoms with E-state index in [-0.39, 0.29) is 6.61 Å².